The van der Waals surface area contributed by atoms with Gasteiger partial charge in [-0.3, -0.25) is 9.59 Å². The van der Waals surface area contributed by atoms with E-state index in [1.54, 1.807) is 7.11 Å². The quantitative estimate of drug-likeness (QED) is 0.198. The fraction of sp³-hybridized carbons (Fsp3) is 0.538. The predicted octanol–water partition coefficient (Wildman–Crippen LogP) is 5.66. The second-order valence-electron chi connectivity index (χ2n) is 14.6. The highest BCUT2D eigenvalue weighted by atomic mass is 32.1. The molecule has 4 N–H and O–H groups in total. The van der Waals surface area contributed by atoms with Crippen LogP contribution in [0.25, 0.3) is 22.3 Å². The van der Waals surface area contributed by atoms with Gasteiger partial charge in [-0.05, 0) is 70.4 Å². The largest absolute Gasteiger partial charge is 0.497 e. The van der Waals surface area contributed by atoms with Crippen molar-refractivity contribution < 1.29 is 38.5 Å². The van der Waals surface area contributed by atoms with Crippen LogP contribution in [0.3, 0.4) is 0 Å². The first-order valence-electron chi connectivity index (χ1n) is 19.0. The standard InChI is InChI=1S/C39H48N6O8S/c1-3-40-37-42-31(22-54-37)30-19-33(27-16-15-25(51-2)17-29(27)41-30)52-26-18-32-34(46)44-39(36(48)49)20-23(39)11-7-5-4-6-8-14-28(35(47)45(32)21-26)43-38(50)53-24-12-9-10-13-24/h7,11,15-17,19,22-24,26,28,32H,3-6,8-10,12-14,18,20-21H2,1-2H3,(H,40,42)(H,43,50)(H,44,46)(H,48,49)/t23?,26-,28+,32+,39-/m1/s1. The van der Waals surface area contributed by atoms with Crippen LogP contribution in [0.1, 0.15) is 77.6 Å². The van der Waals surface area contributed by atoms with E-state index in [1.807, 2.05) is 48.7 Å². The molecule has 14 nitrogen and oxygen atoms in total. The zero-order valence-corrected chi connectivity index (χ0v) is 31.5. The smallest absolute Gasteiger partial charge is 0.408 e. The second kappa shape index (κ2) is 16.2. The topological polar surface area (TPSA) is 181 Å². The number of alkyl carbamates (subject to hydrolysis) is 1. The van der Waals surface area contributed by atoms with Crippen LogP contribution in [0.2, 0.25) is 0 Å². The molecule has 2 aromatic heterocycles. The molecule has 0 radical (unpaired) electrons. The molecule has 3 aromatic rings. The van der Waals surface area contributed by atoms with Crippen LogP contribution in [0.4, 0.5) is 9.93 Å². The maximum absolute atomic E-state index is 14.5. The third-order valence-corrected chi connectivity index (χ3v) is 11.7. The summed E-state index contributed by atoms with van der Waals surface area (Å²) in [5, 5.41) is 22.5. The highest BCUT2D eigenvalue weighted by Gasteiger charge is 2.61. The van der Waals surface area contributed by atoms with Crippen molar-refractivity contribution in [2.45, 2.75) is 107 Å². The number of carboxylic acid groups (broad SMARTS) is 1. The number of thiazole rings is 1. The first-order chi connectivity index (χ1) is 26.2. The zero-order chi connectivity index (χ0) is 37.8. The normalized spacial score (nSPS) is 26.2. The minimum Gasteiger partial charge on any atom is -0.497 e. The van der Waals surface area contributed by atoms with Gasteiger partial charge < -0.3 is 40.2 Å². The van der Waals surface area contributed by atoms with Crippen LogP contribution < -0.4 is 25.4 Å². The number of ether oxygens (including phenoxy) is 3. The molecular formula is C39H48N6O8S. The van der Waals surface area contributed by atoms with Gasteiger partial charge in [-0.1, -0.05) is 25.0 Å². The van der Waals surface area contributed by atoms with Gasteiger partial charge in [-0.15, -0.1) is 11.3 Å². The lowest BCUT2D eigenvalue weighted by atomic mass is 10.0. The number of nitrogens with one attached hydrogen (secondary N) is 3. The SMILES string of the molecule is CCNc1nc(-c2cc(O[C@@H]3C[C@H]4C(=O)N[C@]5(C(=O)O)CC5C=CCCCCC[C@H](NC(=O)OC5CCCC5)C(=O)N4C3)c3ccc(OC)cc3n2)cs1. The molecule has 3 fully saturated rings. The van der Waals surface area contributed by atoms with Gasteiger partial charge in [0, 0.05) is 41.8 Å². The Morgan fingerprint density at radius 1 is 1.06 bits per heavy atom. The summed E-state index contributed by atoms with van der Waals surface area (Å²) in [6, 6.07) is 5.30. The van der Waals surface area contributed by atoms with E-state index in [2.05, 4.69) is 16.0 Å². The third-order valence-electron chi connectivity index (χ3n) is 10.9. The number of aliphatic carboxylic acids is 1. The Morgan fingerprint density at radius 2 is 1.87 bits per heavy atom. The van der Waals surface area contributed by atoms with Crippen molar-refractivity contribution >= 4 is 51.2 Å². The lowest BCUT2D eigenvalue weighted by Gasteiger charge is -2.29. The maximum Gasteiger partial charge on any atom is 0.408 e. The van der Waals surface area contributed by atoms with Gasteiger partial charge in [-0.2, -0.15) is 0 Å². The Labute approximate surface area is 318 Å². The summed E-state index contributed by atoms with van der Waals surface area (Å²) in [7, 11) is 1.58. The van der Waals surface area contributed by atoms with Crippen LogP contribution in [0.5, 0.6) is 11.5 Å². The summed E-state index contributed by atoms with van der Waals surface area (Å²) in [6.07, 6.45) is 9.73. The molecular weight excluding hydrogens is 713 g/mol. The number of benzene rings is 1. The van der Waals surface area contributed by atoms with Gasteiger partial charge in [0.05, 0.1) is 24.9 Å². The van der Waals surface area contributed by atoms with Gasteiger partial charge in [0.1, 0.15) is 47.0 Å². The van der Waals surface area contributed by atoms with Crippen molar-refractivity contribution in [1.82, 2.24) is 25.5 Å². The zero-order valence-electron chi connectivity index (χ0n) is 30.7. The number of aromatic nitrogens is 2. The monoisotopic (exact) mass is 760 g/mol. The molecule has 2 aliphatic heterocycles. The molecule has 5 atom stereocenters. The number of anilines is 1. The summed E-state index contributed by atoms with van der Waals surface area (Å²) >= 11 is 1.47. The minimum atomic E-state index is -1.45. The van der Waals surface area contributed by atoms with Crippen molar-refractivity contribution in [1.29, 1.82) is 0 Å². The summed E-state index contributed by atoms with van der Waals surface area (Å²) < 4.78 is 17.9. The van der Waals surface area contributed by atoms with Crippen molar-refractivity contribution in [3.05, 3.63) is 41.8 Å². The van der Waals surface area contributed by atoms with Gasteiger partial charge in [0.2, 0.25) is 11.8 Å². The predicted molar refractivity (Wildman–Crippen MR) is 203 cm³/mol. The number of allylic oxidation sites excluding steroid dienone is 1. The number of pyridine rings is 1. The van der Waals surface area contributed by atoms with Crippen LogP contribution in [-0.4, -0.2) is 93.9 Å². The molecule has 288 valence electrons. The Morgan fingerprint density at radius 3 is 2.65 bits per heavy atom. The number of carboxylic acids is 1. The van der Waals surface area contributed by atoms with E-state index in [-0.39, 0.29) is 31.4 Å². The van der Waals surface area contributed by atoms with E-state index >= 15 is 0 Å². The lowest BCUT2D eigenvalue weighted by molar-refractivity contribution is -0.145. The maximum atomic E-state index is 14.5. The first-order valence-corrected chi connectivity index (χ1v) is 19.9. The molecule has 4 heterocycles. The van der Waals surface area contributed by atoms with E-state index < -0.39 is 47.6 Å². The second-order valence-corrected chi connectivity index (χ2v) is 15.4. The number of hydrogen-bond donors (Lipinski definition) is 4. The molecule has 7 rings (SSSR count). The van der Waals surface area contributed by atoms with Gasteiger partial charge >= 0.3 is 12.1 Å². The number of methoxy groups -OCH3 is 1. The molecule has 0 bridgehead atoms. The summed E-state index contributed by atoms with van der Waals surface area (Å²) in [5.74, 6) is -1.36. The number of carbonyl (C=O) groups excluding carboxylic acids is 3. The molecule has 2 aliphatic carbocycles. The molecule has 1 aromatic carbocycles. The van der Waals surface area contributed by atoms with Crippen molar-refractivity contribution in [2.75, 3.05) is 25.5 Å². The van der Waals surface area contributed by atoms with Crippen molar-refractivity contribution in [3.8, 4) is 22.9 Å². The van der Waals surface area contributed by atoms with Crippen molar-refractivity contribution in [3.63, 3.8) is 0 Å². The third kappa shape index (κ3) is 8.10. The van der Waals surface area contributed by atoms with Gasteiger partial charge in [0.25, 0.3) is 0 Å². The number of carbonyl (C=O) groups is 4. The summed E-state index contributed by atoms with van der Waals surface area (Å²) in [5.41, 5.74) is 0.403. The van der Waals surface area contributed by atoms with Crippen LogP contribution in [-0.2, 0) is 19.1 Å². The molecule has 3 amide bonds. The number of fused-ring (bicyclic) bond motifs is 3. The molecule has 0 spiro atoms. The van der Waals surface area contributed by atoms with Crippen LogP contribution in [0, 0.1) is 5.92 Å². The van der Waals surface area contributed by atoms with Crippen molar-refractivity contribution in [2.24, 2.45) is 5.92 Å². The Kier molecular flexibility index (Phi) is 11.2. The fourth-order valence-corrected chi connectivity index (χ4v) is 8.59. The van der Waals surface area contributed by atoms with E-state index in [4.69, 9.17) is 24.2 Å². The van der Waals surface area contributed by atoms with E-state index in [0.717, 1.165) is 56.6 Å². The number of amides is 3. The molecule has 1 unspecified atom stereocenters. The highest BCUT2D eigenvalue weighted by Crippen LogP contribution is 2.45. The highest BCUT2D eigenvalue weighted by molar-refractivity contribution is 7.14. The Balaban J connectivity index is 1.20. The Hall–Kier alpha value is -4.92. The van der Waals surface area contributed by atoms with E-state index in [1.165, 1.54) is 16.2 Å². The number of rotatable bonds is 9. The Bertz CT molecular complexity index is 1910. The van der Waals surface area contributed by atoms with Gasteiger partial charge in [0.15, 0.2) is 5.13 Å². The summed E-state index contributed by atoms with van der Waals surface area (Å²) in [6.45, 7) is 2.75. The van der Waals surface area contributed by atoms with Gasteiger partial charge in [-0.25, -0.2) is 19.6 Å². The number of nitrogens with zero attached hydrogens (tertiary/aromatic N) is 3. The van der Waals surface area contributed by atoms with Crippen LogP contribution in [0.15, 0.2) is 41.8 Å². The van der Waals surface area contributed by atoms with E-state index in [9.17, 15) is 24.3 Å². The fourth-order valence-electron chi connectivity index (χ4n) is 7.82. The number of hydrogen-bond acceptors (Lipinski definition) is 11. The molecule has 1 saturated heterocycles. The van der Waals surface area contributed by atoms with Crippen LogP contribution >= 0.6 is 11.3 Å². The first kappa shape index (κ1) is 37.4. The average molecular weight is 761 g/mol. The summed E-state index contributed by atoms with van der Waals surface area (Å²) in [4.78, 5) is 65.4. The molecule has 54 heavy (non-hydrogen) atoms. The molecule has 4 aliphatic rings. The molecule has 15 heteroatoms. The lowest BCUT2D eigenvalue weighted by Crippen LogP contribution is -2.56. The average Bonchev–Trinajstić information content (AvgIpc) is 3.59. The minimum absolute atomic E-state index is 0.0345. The van der Waals surface area contributed by atoms with E-state index in [0.29, 0.717) is 46.6 Å². The molecule has 2 saturated carbocycles.